The highest BCUT2D eigenvalue weighted by atomic mass is 19.1. The van der Waals surface area contributed by atoms with Gasteiger partial charge in [-0.25, -0.2) is 9.18 Å². The summed E-state index contributed by atoms with van der Waals surface area (Å²) in [4.78, 5) is 28.2. The summed E-state index contributed by atoms with van der Waals surface area (Å²) in [5.74, 6) is -1.24. The first-order chi connectivity index (χ1) is 12.4. The highest BCUT2D eigenvalue weighted by molar-refractivity contribution is 5.93. The maximum atomic E-state index is 14.9. The second-order valence-electron chi connectivity index (χ2n) is 7.38. The van der Waals surface area contributed by atoms with Gasteiger partial charge in [0.25, 0.3) is 0 Å². The Kier molecular flexibility index (Phi) is 3.99. The van der Waals surface area contributed by atoms with Crippen LogP contribution in [0.3, 0.4) is 0 Å². The summed E-state index contributed by atoms with van der Waals surface area (Å²) in [6.07, 6.45) is 2.49. The minimum atomic E-state index is -1.29. The Morgan fingerprint density at radius 1 is 1.31 bits per heavy atom. The van der Waals surface area contributed by atoms with Gasteiger partial charge in [-0.2, -0.15) is 0 Å². The van der Waals surface area contributed by atoms with Crippen LogP contribution in [0.2, 0.25) is 0 Å². The average Bonchev–Trinajstić information content (AvgIpc) is 2.86. The van der Waals surface area contributed by atoms with Crippen molar-refractivity contribution in [2.45, 2.75) is 25.9 Å². The van der Waals surface area contributed by atoms with Crippen LogP contribution in [0.15, 0.2) is 23.1 Å². The first kappa shape index (κ1) is 17.0. The molecule has 2 aliphatic heterocycles. The van der Waals surface area contributed by atoms with E-state index in [9.17, 15) is 19.1 Å². The highest BCUT2D eigenvalue weighted by Gasteiger charge is 2.37. The van der Waals surface area contributed by atoms with Gasteiger partial charge in [0.1, 0.15) is 11.4 Å². The molecule has 0 aliphatic carbocycles. The molecule has 4 rings (SSSR count). The summed E-state index contributed by atoms with van der Waals surface area (Å²) in [6.45, 7) is 4.95. The molecule has 0 amide bonds. The normalized spacial score (nSPS) is 23.0. The molecule has 2 unspecified atom stereocenters. The van der Waals surface area contributed by atoms with Crippen molar-refractivity contribution in [1.82, 2.24) is 9.47 Å². The van der Waals surface area contributed by atoms with Crippen LogP contribution in [0, 0.1) is 11.7 Å². The van der Waals surface area contributed by atoms with Gasteiger partial charge in [-0.3, -0.25) is 4.79 Å². The summed E-state index contributed by atoms with van der Waals surface area (Å²) in [5, 5.41) is 9.36. The van der Waals surface area contributed by atoms with Crippen LogP contribution in [-0.2, 0) is 6.54 Å². The Balaban J connectivity index is 1.85. The van der Waals surface area contributed by atoms with Crippen molar-refractivity contribution < 1.29 is 14.3 Å². The number of likely N-dealkylation sites (N-methyl/N-ethyl adjacent to an activating group) is 1. The van der Waals surface area contributed by atoms with Crippen molar-refractivity contribution in [1.29, 1.82) is 0 Å². The van der Waals surface area contributed by atoms with Crippen molar-refractivity contribution in [2.75, 3.05) is 31.6 Å². The first-order valence-electron chi connectivity index (χ1n) is 8.94. The van der Waals surface area contributed by atoms with Crippen LogP contribution >= 0.6 is 0 Å². The second-order valence-corrected chi connectivity index (χ2v) is 7.38. The lowest BCUT2D eigenvalue weighted by Crippen LogP contribution is -2.42. The number of piperidine rings is 1. The molecule has 2 aromatic rings. The van der Waals surface area contributed by atoms with Gasteiger partial charge >= 0.3 is 5.97 Å². The van der Waals surface area contributed by atoms with Crippen LogP contribution < -0.4 is 10.3 Å². The Bertz CT molecular complexity index is 953. The minimum Gasteiger partial charge on any atom is -0.477 e. The van der Waals surface area contributed by atoms with Gasteiger partial charge in [0.15, 0.2) is 0 Å². The molecule has 0 saturated carbocycles. The van der Waals surface area contributed by atoms with Gasteiger partial charge < -0.3 is 19.5 Å². The highest BCUT2D eigenvalue weighted by Crippen LogP contribution is 2.33. The van der Waals surface area contributed by atoms with Gasteiger partial charge in [-0.15, -0.1) is 0 Å². The van der Waals surface area contributed by atoms with Gasteiger partial charge in [-0.1, -0.05) is 0 Å². The lowest BCUT2D eigenvalue weighted by atomic mass is 9.99. The Morgan fingerprint density at radius 3 is 2.73 bits per heavy atom. The van der Waals surface area contributed by atoms with E-state index < -0.39 is 17.2 Å². The number of halogens is 1. The topological polar surface area (TPSA) is 65.8 Å². The van der Waals surface area contributed by atoms with E-state index in [1.807, 2.05) is 6.92 Å². The molecule has 26 heavy (non-hydrogen) atoms. The lowest BCUT2D eigenvalue weighted by molar-refractivity contribution is 0.0695. The number of nitrogens with zero attached hydrogens (tertiary/aromatic N) is 3. The monoisotopic (exact) mass is 359 g/mol. The van der Waals surface area contributed by atoms with Crippen molar-refractivity contribution in [3.05, 3.63) is 39.9 Å². The van der Waals surface area contributed by atoms with E-state index in [1.165, 1.54) is 12.3 Å². The van der Waals surface area contributed by atoms with Crippen molar-refractivity contribution in [2.24, 2.45) is 5.92 Å². The number of carboxylic acid groups (broad SMARTS) is 1. The standard InChI is InChI=1S/C19H22FN3O3/c1-3-22-10-14(19(25)26)18(24)13-5-15(20)17(6-16(13)22)23-8-11-4-12(9-23)21(2)7-11/h5-6,10-12H,3-4,7-9H2,1-2H3,(H,25,26). The van der Waals surface area contributed by atoms with Crippen molar-refractivity contribution in [3.8, 4) is 0 Å². The number of carbonyl (C=O) groups is 1. The average molecular weight is 359 g/mol. The quantitative estimate of drug-likeness (QED) is 0.908. The van der Waals surface area contributed by atoms with Gasteiger partial charge in [0, 0.05) is 43.8 Å². The smallest absolute Gasteiger partial charge is 0.341 e. The summed E-state index contributed by atoms with van der Waals surface area (Å²) in [5.41, 5.74) is 0.0996. The van der Waals surface area contributed by atoms with E-state index in [0.29, 0.717) is 29.7 Å². The van der Waals surface area contributed by atoms with Crippen LogP contribution in [0.25, 0.3) is 10.9 Å². The Labute approximate surface area is 150 Å². The molecule has 6 nitrogen and oxygen atoms in total. The first-order valence-corrected chi connectivity index (χ1v) is 8.94. The molecule has 2 atom stereocenters. The van der Waals surface area contributed by atoms with E-state index in [1.54, 1.807) is 10.6 Å². The van der Waals surface area contributed by atoms with E-state index in [4.69, 9.17) is 0 Å². The number of aryl methyl sites for hydroxylation is 1. The summed E-state index contributed by atoms with van der Waals surface area (Å²) < 4.78 is 16.6. The molecule has 2 bridgehead atoms. The van der Waals surface area contributed by atoms with E-state index >= 15 is 0 Å². The third kappa shape index (κ3) is 2.58. The largest absolute Gasteiger partial charge is 0.477 e. The number of anilines is 1. The maximum Gasteiger partial charge on any atom is 0.341 e. The number of pyridine rings is 1. The van der Waals surface area contributed by atoms with E-state index in [0.717, 1.165) is 26.1 Å². The van der Waals surface area contributed by atoms with Crippen LogP contribution in [0.4, 0.5) is 10.1 Å². The number of hydrogen-bond donors (Lipinski definition) is 1. The van der Waals surface area contributed by atoms with Crippen molar-refractivity contribution in [3.63, 3.8) is 0 Å². The number of rotatable bonds is 3. The van der Waals surface area contributed by atoms with Gasteiger partial charge in [0.05, 0.1) is 11.2 Å². The second kappa shape index (κ2) is 6.09. The minimum absolute atomic E-state index is 0.116. The predicted octanol–water partition coefficient (Wildman–Crippen LogP) is 2.00. The molecular weight excluding hydrogens is 337 g/mol. The number of carboxylic acids is 1. The SMILES string of the molecule is CCn1cc(C(=O)O)c(=O)c2cc(F)c(N3CC4CC(C3)N(C)C4)cc21. The number of aromatic nitrogens is 1. The Hall–Kier alpha value is -2.41. The van der Waals surface area contributed by atoms with E-state index in [-0.39, 0.29) is 10.9 Å². The third-order valence-electron chi connectivity index (χ3n) is 5.75. The summed E-state index contributed by atoms with van der Waals surface area (Å²) in [7, 11) is 2.10. The predicted molar refractivity (Wildman–Crippen MR) is 97.5 cm³/mol. The zero-order chi connectivity index (χ0) is 18.6. The third-order valence-corrected chi connectivity index (χ3v) is 5.75. The molecule has 0 radical (unpaired) electrons. The van der Waals surface area contributed by atoms with Crippen molar-refractivity contribution >= 4 is 22.6 Å². The molecule has 1 aromatic carbocycles. The molecule has 2 fully saturated rings. The fourth-order valence-electron chi connectivity index (χ4n) is 4.43. The molecule has 2 saturated heterocycles. The number of fused-ring (bicyclic) bond motifs is 3. The summed E-state index contributed by atoms with van der Waals surface area (Å²) in [6, 6.07) is 3.32. The zero-order valence-corrected chi connectivity index (χ0v) is 14.9. The maximum absolute atomic E-state index is 14.9. The number of hydrogen-bond acceptors (Lipinski definition) is 4. The molecule has 0 spiro atoms. The van der Waals surface area contributed by atoms with Gasteiger partial charge in [0.2, 0.25) is 5.43 Å². The van der Waals surface area contributed by atoms with Crippen LogP contribution in [0.5, 0.6) is 0 Å². The molecule has 1 aromatic heterocycles. The molecule has 138 valence electrons. The lowest BCUT2D eigenvalue weighted by Gasteiger charge is -2.34. The Morgan fingerprint density at radius 2 is 2.08 bits per heavy atom. The van der Waals surface area contributed by atoms with Crippen LogP contribution in [0.1, 0.15) is 23.7 Å². The molecular formula is C19H22FN3O3. The summed E-state index contributed by atoms with van der Waals surface area (Å²) >= 11 is 0. The number of benzene rings is 1. The van der Waals surface area contributed by atoms with E-state index in [2.05, 4.69) is 16.8 Å². The van der Waals surface area contributed by atoms with Crippen LogP contribution in [-0.4, -0.2) is 53.3 Å². The van der Waals surface area contributed by atoms with Gasteiger partial charge in [-0.05, 0) is 38.4 Å². The molecule has 7 heteroatoms. The molecule has 3 heterocycles. The number of likely N-dealkylation sites (tertiary alicyclic amines) is 1. The molecule has 1 N–H and O–H groups in total. The fourth-order valence-corrected chi connectivity index (χ4v) is 4.43. The number of aromatic carboxylic acids is 1. The fraction of sp³-hybridized carbons (Fsp3) is 0.474. The zero-order valence-electron chi connectivity index (χ0n) is 14.9. The molecule has 2 aliphatic rings.